The summed E-state index contributed by atoms with van der Waals surface area (Å²) in [6.07, 6.45) is -1.42. The molecule has 0 saturated carbocycles. The molecule has 0 unspecified atom stereocenters. The van der Waals surface area contributed by atoms with E-state index >= 15 is 0 Å². The van der Waals surface area contributed by atoms with Gasteiger partial charge in [0.05, 0.1) is 6.20 Å². The van der Waals surface area contributed by atoms with E-state index in [1.54, 1.807) is 4.90 Å². The molecule has 1 aromatic carbocycles. The molecule has 0 aliphatic carbocycles. The molecule has 0 atom stereocenters. The number of hydrogen-bond donors (Lipinski definition) is 1. The number of nitrogens with zero attached hydrogens (tertiary/aromatic N) is 6. The van der Waals surface area contributed by atoms with E-state index in [-0.39, 0.29) is 34.6 Å². The molecule has 3 aromatic heterocycles. The molecule has 1 fully saturated rings. The Morgan fingerprint density at radius 2 is 1.71 bits per heavy atom. The second kappa shape index (κ2) is 8.71. The lowest BCUT2D eigenvalue weighted by molar-refractivity contribution is -0.141. The van der Waals surface area contributed by atoms with Gasteiger partial charge in [0.15, 0.2) is 17.3 Å². The zero-order valence-corrected chi connectivity index (χ0v) is 17.9. The zero-order valence-electron chi connectivity index (χ0n) is 17.9. The van der Waals surface area contributed by atoms with Crippen molar-refractivity contribution in [2.45, 2.75) is 25.1 Å². The Balaban J connectivity index is 1.32. The number of anilines is 2. The van der Waals surface area contributed by atoms with Crippen LogP contribution in [0.1, 0.15) is 18.5 Å². The molecule has 0 bridgehead atoms. The Bertz CT molecular complexity index is 1380. The quantitative estimate of drug-likeness (QED) is 0.416. The van der Waals surface area contributed by atoms with Crippen molar-refractivity contribution in [3.63, 3.8) is 0 Å². The number of pyridine rings is 1. The van der Waals surface area contributed by atoms with Gasteiger partial charge < -0.3 is 10.2 Å². The largest absolute Gasteiger partial charge is 0.433 e. The van der Waals surface area contributed by atoms with Crippen LogP contribution >= 0.6 is 0 Å². The van der Waals surface area contributed by atoms with Crippen molar-refractivity contribution < 1.29 is 26.3 Å². The lowest BCUT2D eigenvalue weighted by Gasteiger charge is -2.33. The molecule has 1 aliphatic heterocycles. The van der Waals surface area contributed by atoms with Crippen LogP contribution in [0.3, 0.4) is 0 Å². The van der Waals surface area contributed by atoms with Crippen molar-refractivity contribution in [1.29, 1.82) is 0 Å². The normalized spacial score (nSPS) is 15.1. The SMILES string of the molecule is Fc1cc(-c2ccc(F)c(F)c2)c2nc(NC3CCN(c4cc(C(F)(F)F)ncn4)CC3)nn2c1. The molecule has 5 rings (SSSR count). The summed E-state index contributed by atoms with van der Waals surface area (Å²) in [5.74, 6) is -2.32. The average Bonchev–Trinajstić information content (AvgIpc) is 3.22. The molecule has 0 radical (unpaired) electrons. The molecular formula is C22H17F6N7. The van der Waals surface area contributed by atoms with E-state index in [9.17, 15) is 26.3 Å². The summed E-state index contributed by atoms with van der Waals surface area (Å²) in [6.45, 7) is 0.877. The Labute approximate surface area is 194 Å². The van der Waals surface area contributed by atoms with Crippen molar-refractivity contribution in [3.05, 3.63) is 66.0 Å². The third kappa shape index (κ3) is 4.70. The summed E-state index contributed by atoms with van der Waals surface area (Å²) in [5.41, 5.74) is -0.272. The first kappa shape index (κ1) is 22.9. The van der Waals surface area contributed by atoms with Crippen molar-refractivity contribution in [3.8, 4) is 11.1 Å². The topological polar surface area (TPSA) is 71.2 Å². The highest BCUT2D eigenvalue weighted by atomic mass is 19.4. The van der Waals surface area contributed by atoms with Gasteiger partial charge in [0, 0.05) is 30.8 Å². The number of piperidine rings is 1. The van der Waals surface area contributed by atoms with Crippen LogP contribution in [0.4, 0.5) is 38.1 Å². The van der Waals surface area contributed by atoms with Crippen LogP contribution in [-0.4, -0.2) is 43.7 Å². The van der Waals surface area contributed by atoms with Crippen LogP contribution in [0.2, 0.25) is 0 Å². The van der Waals surface area contributed by atoms with Gasteiger partial charge in [-0.2, -0.15) is 18.2 Å². The molecule has 0 amide bonds. The lowest BCUT2D eigenvalue weighted by atomic mass is 10.1. The molecule has 182 valence electrons. The number of halogens is 6. The van der Waals surface area contributed by atoms with Crippen LogP contribution in [0.15, 0.2) is 42.9 Å². The number of rotatable bonds is 4. The molecule has 4 aromatic rings. The third-order valence-corrected chi connectivity index (χ3v) is 5.73. The van der Waals surface area contributed by atoms with E-state index in [1.807, 2.05) is 0 Å². The summed E-state index contributed by atoms with van der Waals surface area (Å²) in [6, 6.07) is 5.22. The molecule has 1 aliphatic rings. The average molecular weight is 493 g/mol. The highest BCUT2D eigenvalue weighted by Crippen LogP contribution is 2.30. The third-order valence-electron chi connectivity index (χ3n) is 5.73. The van der Waals surface area contributed by atoms with E-state index in [0.717, 1.165) is 36.8 Å². The van der Waals surface area contributed by atoms with Crippen LogP contribution in [0, 0.1) is 17.5 Å². The Morgan fingerprint density at radius 1 is 0.943 bits per heavy atom. The van der Waals surface area contributed by atoms with E-state index in [0.29, 0.717) is 25.9 Å². The van der Waals surface area contributed by atoms with Gasteiger partial charge in [0.1, 0.15) is 23.7 Å². The fraction of sp³-hybridized carbons (Fsp3) is 0.273. The maximum Gasteiger partial charge on any atom is 0.433 e. The van der Waals surface area contributed by atoms with Crippen LogP contribution in [-0.2, 0) is 6.18 Å². The fourth-order valence-corrected chi connectivity index (χ4v) is 4.00. The molecule has 7 nitrogen and oxygen atoms in total. The molecule has 0 spiro atoms. The van der Waals surface area contributed by atoms with E-state index in [1.165, 1.54) is 10.6 Å². The Hall–Kier alpha value is -3.90. The number of aromatic nitrogens is 5. The number of benzene rings is 1. The minimum absolute atomic E-state index is 0.0934. The van der Waals surface area contributed by atoms with Crippen molar-refractivity contribution >= 4 is 17.4 Å². The first-order valence-corrected chi connectivity index (χ1v) is 10.6. The van der Waals surface area contributed by atoms with Gasteiger partial charge in [-0.05, 0) is 36.6 Å². The van der Waals surface area contributed by atoms with Gasteiger partial charge in [-0.15, -0.1) is 5.10 Å². The molecule has 1 saturated heterocycles. The Morgan fingerprint density at radius 3 is 2.43 bits per heavy atom. The second-order valence-corrected chi connectivity index (χ2v) is 8.07. The number of hydrogen-bond acceptors (Lipinski definition) is 6. The van der Waals surface area contributed by atoms with Gasteiger partial charge in [-0.3, -0.25) is 0 Å². The number of nitrogens with one attached hydrogen (secondary N) is 1. The van der Waals surface area contributed by atoms with Gasteiger partial charge in [-0.25, -0.2) is 27.7 Å². The highest BCUT2D eigenvalue weighted by Gasteiger charge is 2.33. The van der Waals surface area contributed by atoms with Gasteiger partial charge in [-0.1, -0.05) is 6.07 Å². The summed E-state index contributed by atoms with van der Waals surface area (Å²) >= 11 is 0. The van der Waals surface area contributed by atoms with Gasteiger partial charge >= 0.3 is 6.18 Å². The van der Waals surface area contributed by atoms with Crippen molar-refractivity contribution in [2.24, 2.45) is 0 Å². The monoisotopic (exact) mass is 493 g/mol. The minimum Gasteiger partial charge on any atom is -0.356 e. The first-order valence-electron chi connectivity index (χ1n) is 10.6. The summed E-state index contributed by atoms with van der Waals surface area (Å²) in [5, 5.41) is 7.39. The van der Waals surface area contributed by atoms with Crippen LogP contribution in [0.25, 0.3) is 16.8 Å². The first-order chi connectivity index (χ1) is 16.7. The highest BCUT2D eigenvalue weighted by molar-refractivity contribution is 5.78. The smallest absolute Gasteiger partial charge is 0.356 e. The molecule has 13 heteroatoms. The molecule has 35 heavy (non-hydrogen) atoms. The predicted molar refractivity (Wildman–Crippen MR) is 114 cm³/mol. The van der Waals surface area contributed by atoms with E-state index < -0.39 is 29.3 Å². The van der Waals surface area contributed by atoms with Gasteiger partial charge in [0.25, 0.3) is 0 Å². The van der Waals surface area contributed by atoms with Crippen molar-refractivity contribution in [1.82, 2.24) is 24.6 Å². The molecule has 1 N–H and O–H groups in total. The van der Waals surface area contributed by atoms with Crippen LogP contribution in [0.5, 0.6) is 0 Å². The molecule has 4 heterocycles. The predicted octanol–water partition coefficient (Wildman–Crippen LogP) is 4.70. The van der Waals surface area contributed by atoms with E-state index in [2.05, 4.69) is 25.4 Å². The zero-order chi connectivity index (χ0) is 24.7. The minimum atomic E-state index is -4.55. The second-order valence-electron chi connectivity index (χ2n) is 8.07. The molecular weight excluding hydrogens is 476 g/mol. The maximum absolute atomic E-state index is 14.2. The summed E-state index contributed by atoms with van der Waals surface area (Å²) in [7, 11) is 0. The van der Waals surface area contributed by atoms with Crippen molar-refractivity contribution in [2.75, 3.05) is 23.3 Å². The lowest BCUT2D eigenvalue weighted by Crippen LogP contribution is -2.39. The van der Waals surface area contributed by atoms with E-state index in [4.69, 9.17) is 0 Å². The standard InChI is InChI=1S/C22H17F6N7/c23-13-8-15(12-1-2-16(24)17(25)7-12)20-32-21(33-35(20)10-13)31-14-3-5-34(6-4-14)19-9-18(22(26,27)28)29-11-30-19/h1-2,7-11,14H,3-6H2,(H,31,33). The maximum atomic E-state index is 14.2. The van der Waals surface area contributed by atoms with Gasteiger partial charge in [0.2, 0.25) is 5.95 Å². The summed E-state index contributed by atoms with van der Waals surface area (Å²) in [4.78, 5) is 13.4. The number of fused-ring (bicyclic) bond motifs is 1. The number of alkyl halides is 3. The fourth-order valence-electron chi connectivity index (χ4n) is 4.00. The Kier molecular flexibility index (Phi) is 5.69. The van der Waals surface area contributed by atoms with Crippen LogP contribution < -0.4 is 10.2 Å². The summed E-state index contributed by atoms with van der Waals surface area (Å²) < 4.78 is 81.2.